The zero-order valence-electron chi connectivity index (χ0n) is 21.2. The third-order valence-corrected chi connectivity index (χ3v) is 7.06. The first kappa shape index (κ1) is 23.6. The first-order valence-corrected chi connectivity index (χ1v) is 12.0. The number of nitrogens with zero attached hydrogens (tertiary/aromatic N) is 8. The highest BCUT2D eigenvalue weighted by Gasteiger charge is 2.24. The molecule has 0 spiro atoms. The molecule has 1 aliphatic heterocycles. The molecule has 0 radical (unpaired) electrons. The number of piperidine rings is 1. The van der Waals surface area contributed by atoms with Crippen LogP contribution in [0, 0.1) is 25.2 Å². The van der Waals surface area contributed by atoms with E-state index in [4.69, 9.17) is 4.98 Å². The molecule has 10 heteroatoms. The first-order valence-electron chi connectivity index (χ1n) is 12.0. The van der Waals surface area contributed by atoms with Gasteiger partial charge < -0.3 is 14.8 Å². The molecule has 0 bridgehead atoms. The smallest absolute Gasteiger partial charge is 0.246 e. The SMILES string of the molecule is Cc1nn(C)c(C)c1-c1nc(C(=O)c2nc3nc(N4CCC(N(C)C)CC4)ccc3[nH]2)ccc1C#N. The van der Waals surface area contributed by atoms with E-state index in [2.05, 4.69) is 50.0 Å². The van der Waals surface area contributed by atoms with Gasteiger partial charge in [-0.05, 0) is 65.0 Å². The molecule has 1 saturated heterocycles. The number of ketones is 1. The van der Waals surface area contributed by atoms with Crippen LogP contribution in [0.25, 0.3) is 22.4 Å². The average molecular weight is 484 g/mol. The highest BCUT2D eigenvalue weighted by Crippen LogP contribution is 2.29. The van der Waals surface area contributed by atoms with Crippen LogP contribution in [0.5, 0.6) is 0 Å². The lowest BCUT2D eigenvalue weighted by atomic mass is 10.0. The largest absolute Gasteiger partial charge is 0.356 e. The van der Waals surface area contributed by atoms with Gasteiger partial charge in [-0.1, -0.05) is 0 Å². The van der Waals surface area contributed by atoms with Crippen molar-refractivity contribution in [2.24, 2.45) is 7.05 Å². The molecule has 1 N–H and O–H groups in total. The molecule has 4 aromatic heterocycles. The van der Waals surface area contributed by atoms with Gasteiger partial charge in [0, 0.05) is 37.4 Å². The van der Waals surface area contributed by atoms with Crippen molar-refractivity contribution in [1.82, 2.24) is 34.6 Å². The lowest BCUT2D eigenvalue weighted by Crippen LogP contribution is -2.42. The van der Waals surface area contributed by atoms with E-state index in [9.17, 15) is 10.1 Å². The van der Waals surface area contributed by atoms with Gasteiger partial charge in [0.15, 0.2) is 11.5 Å². The van der Waals surface area contributed by atoms with E-state index < -0.39 is 0 Å². The maximum Gasteiger partial charge on any atom is 0.246 e. The Balaban J connectivity index is 1.45. The van der Waals surface area contributed by atoms with Crippen LogP contribution in [0.1, 0.15) is 46.1 Å². The summed E-state index contributed by atoms with van der Waals surface area (Å²) in [6, 6.07) is 9.84. The van der Waals surface area contributed by atoms with E-state index in [0.29, 0.717) is 28.5 Å². The molecular weight excluding hydrogens is 454 g/mol. The number of carbonyl (C=O) groups is 1. The van der Waals surface area contributed by atoms with Crippen molar-refractivity contribution in [3.05, 3.63) is 52.7 Å². The molecule has 0 atom stereocenters. The number of hydrogen-bond acceptors (Lipinski definition) is 8. The van der Waals surface area contributed by atoms with Crippen LogP contribution >= 0.6 is 0 Å². The number of nitrogens with one attached hydrogen (secondary N) is 1. The molecule has 4 aromatic rings. The summed E-state index contributed by atoms with van der Waals surface area (Å²) >= 11 is 0. The molecule has 1 aliphatic rings. The summed E-state index contributed by atoms with van der Waals surface area (Å²) in [6.07, 6.45) is 2.17. The van der Waals surface area contributed by atoms with Crippen LogP contribution in [-0.4, -0.2) is 73.6 Å². The Morgan fingerprint density at radius 1 is 1.11 bits per heavy atom. The van der Waals surface area contributed by atoms with E-state index >= 15 is 0 Å². The van der Waals surface area contributed by atoms with Gasteiger partial charge in [0.2, 0.25) is 5.78 Å². The molecule has 1 fully saturated rings. The predicted octanol–water partition coefficient (Wildman–Crippen LogP) is 3.00. The molecule has 0 amide bonds. The maximum atomic E-state index is 13.4. The Bertz CT molecular complexity index is 1500. The molecule has 5 heterocycles. The minimum absolute atomic E-state index is 0.170. The average Bonchev–Trinajstić information content (AvgIpc) is 3.42. The molecule has 36 heavy (non-hydrogen) atoms. The second kappa shape index (κ2) is 9.17. The third kappa shape index (κ3) is 4.12. The Morgan fingerprint density at radius 3 is 2.50 bits per heavy atom. The quantitative estimate of drug-likeness (QED) is 0.430. The van der Waals surface area contributed by atoms with Gasteiger partial charge in [-0.25, -0.2) is 15.0 Å². The second-order valence-electron chi connectivity index (χ2n) is 9.51. The molecule has 0 saturated carbocycles. The fraction of sp³-hybridized carbons (Fsp3) is 0.385. The van der Waals surface area contributed by atoms with Crippen molar-refractivity contribution >= 4 is 22.8 Å². The number of H-pyrrole nitrogens is 1. The summed E-state index contributed by atoms with van der Waals surface area (Å²) < 4.78 is 1.74. The molecule has 0 unspecified atom stereocenters. The Hall–Kier alpha value is -4.10. The number of imidazole rings is 1. The zero-order chi connectivity index (χ0) is 25.6. The van der Waals surface area contributed by atoms with Gasteiger partial charge in [-0.3, -0.25) is 9.48 Å². The molecule has 5 rings (SSSR count). The molecule has 184 valence electrons. The van der Waals surface area contributed by atoms with Gasteiger partial charge in [-0.15, -0.1) is 0 Å². The number of fused-ring (bicyclic) bond motifs is 1. The van der Waals surface area contributed by atoms with Crippen LogP contribution in [0.3, 0.4) is 0 Å². The minimum Gasteiger partial charge on any atom is -0.356 e. The summed E-state index contributed by atoms with van der Waals surface area (Å²) in [5.74, 6) is 0.682. The molecule has 10 nitrogen and oxygen atoms in total. The highest BCUT2D eigenvalue weighted by molar-refractivity contribution is 6.07. The van der Waals surface area contributed by atoms with E-state index in [1.54, 1.807) is 16.8 Å². The third-order valence-electron chi connectivity index (χ3n) is 7.06. The zero-order valence-corrected chi connectivity index (χ0v) is 21.2. The van der Waals surface area contributed by atoms with Gasteiger partial charge in [0.1, 0.15) is 17.6 Å². The highest BCUT2D eigenvalue weighted by atomic mass is 16.1. The van der Waals surface area contributed by atoms with Gasteiger partial charge in [0.25, 0.3) is 0 Å². The molecule has 0 aliphatic carbocycles. The van der Waals surface area contributed by atoms with Crippen molar-refractivity contribution in [3.63, 3.8) is 0 Å². The number of aryl methyl sites for hydroxylation is 2. The standard InChI is InChI=1S/C26H29N9O/c1-15-22(16(2)34(5)32-15)23-17(14-27)6-7-19(28-23)24(36)26-29-20-8-9-21(30-25(20)31-26)35-12-10-18(11-13-35)33(3)4/h6-9,18H,10-13H2,1-5H3,(H,29,30,31). The summed E-state index contributed by atoms with van der Waals surface area (Å²) in [4.78, 5) is 34.8. The normalized spacial score (nSPS) is 14.5. The Morgan fingerprint density at radius 2 is 1.86 bits per heavy atom. The van der Waals surface area contributed by atoms with Gasteiger partial charge in [-0.2, -0.15) is 10.4 Å². The fourth-order valence-electron chi connectivity index (χ4n) is 4.88. The number of hydrogen-bond donors (Lipinski definition) is 1. The van der Waals surface area contributed by atoms with E-state index in [1.807, 2.05) is 33.0 Å². The number of carbonyl (C=O) groups excluding carboxylic acids is 1. The summed E-state index contributed by atoms with van der Waals surface area (Å²) in [5.41, 5.74) is 4.62. The number of aromatic nitrogens is 6. The predicted molar refractivity (Wildman–Crippen MR) is 137 cm³/mol. The summed E-state index contributed by atoms with van der Waals surface area (Å²) in [5, 5.41) is 14.1. The molecule has 0 aromatic carbocycles. The summed E-state index contributed by atoms with van der Waals surface area (Å²) in [6.45, 7) is 5.65. The van der Waals surface area contributed by atoms with Crippen LogP contribution < -0.4 is 4.90 Å². The van der Waals surface area contributed by atoms with E-state index in [0.717, 1.165) is 48.7 Å². The van der Waals surface area contributed by atoms with Crippen molar-refractivity contribution in [2.45, 2.75) is 32.7 Å². The summed E-state index contributed by atoms with van der Waals surface area (Å²) in [7, 11) is 6.09. The first-order chi connectivity index (χ1) is 17.3. The van der Waals surface area contributed by atoms with Crippen molar-refractivity contribution < 1.29 is 4.79 Å². The van der Waals surface area contributed by atoms with Crippen LogP contribution in [0.2, 0.25) is 0 Å². The monoisotopic (exact) mass is 483 g/mol. The number of pyridine rings is 2. The second-order valence-corrected chi connectivity index (χ2v) is 9.51. The Kier molecular flexibility index (Phi) is 6.02. The number of rotatable bonds is 5. The number of nitriles is 1. The van der Waals surface area contributed by atoms with Gasteiger partial charge >= 0.3 is 0 Å². The van der Waals surface area contributed by atoms with Gasteiger partial charge in [0.05, 0.1) is 22.5 Å². The number of aromatic amines is 1. The van der Waals surface area contributed by atoms with Crippen molar-refractivity contribution in [1.29, 1.82) is 5.26 Å². The fourth-order valence-corrected chi connectivity index (χ4v) is 4.88. The van der Waals surface area contributed by atoms with E-state index in [1.165, 1.54) is 0 Å². The number of anilines is 1. The topological polar surface area (TPSA) is 120 Å². The lowest BCUT2D eigenvalue weighted by Gasteiger charge is -2.35. The van der Waals surface area contributed by atoms with Crippen LogP contribution in [-0.2, 0) is 7.05 Å². The Labute approximate surface area is 209 Å². The van der Waals surface area contributed by atoms with Crippen molar-refractivity contribution in [2.75, 3.05) is 32.1 Å². The molecular formula is C26H29N9O. The van der Waals surface area contributed by atoms with Crippen molar-refractivity contribution in [3.8, 4) is 17.3 Å². The lowest BCUT2D eigenvalue weighted by molar-refractivity contribution is 0.102. The minimum atomic E-state index is -0.355. The van der Waals surface area contributed by atoms with Crippen LogP contribution in [0.4, 0.5) is 5.82 Å². The van der Waals surface area contributed by atoms with E-state index in [-0.39, 0.29) is 17.3 Å². The maximum absolute atomic E-state index is 13.4. The van der Waals surface area contributed by atoms with Crippen LogP contribution in [0.15, 0.2) is 24.3 Å².